The van der Waals surface area contributed by atoms with E-state index >= 15 is 0 Å². The van der Waals surface area contributed by atoms with Gasteiger partial charge in [0.05, 0.1) is 19.6 Å². The molecule has 0 aromatic heterocycles. The Balaban J connectivity index is 1.25. The third-order valence-corrected chi connectivity index (χ3v) is 9.51. The lowest BCUT2D eigenvalue weighted by Crippen LogP contribution is -2.54. The lowest BCUT2D eigenvalue weighted by molar-refractivity contribution is -0.120. The van der Waals surface area contributed by atoms with Crippen LogP contribution in [0.15, 0.2) is 127 Å². The van der Waals surface area contributed by atoms with Gasteiger partial charge >= 0.3 is 6.03 Å². The molecule has 5 aromatic rings. The first-order valence-electron chi connectivity index (χ1n) is 17.3. The van der Waals surface area contributed by atoms with Crippen LogP contribution in [0.1, 0.15) is 29.5 Å². The predicted molar refractivity (Wildman–Crippen MR) is 198 cm³/mol. The van der Waals surface area contributed by atoms with E-state index in [1.165, 1.54) is 10.9 Å². The molecule has 7 nitrogen and oxygen atoms in total. The fourth-order valence-corrected chi connectivity index (χ4v) is 6.81. The van der Waals surface area contributed by atoms with Gasteiger partial charge in [-0.3, -0.25) is 9.69 Å². The van der Waals surface area contributed by atoms with Gasteiger partial charge in [0.15, 0.2) is 0 Å². The third kappa shape index (κ3) is 9.48. The average Bonchev–Trinajstić information content (AvgIpc) is 3.59. The standard InChI is InChI=1S/C42H46N4O3/c1-49-40-22-19-32(20-23-40)24-26-45-25-10-17-38(45)31-46(42(48)44-37-15-6-3-7-16-37)39(30-43-41(47)29-33-11-4-2-5-12-33)28-34-18-21-35-13-8-9-14-36(35)27-34/h2-9,11-16,18-23,27,38-39H,10,17,24-26,28-31H2,1H3,(H,43,47)(H,44,48)/t38-,39+/m1/s1. The van der Waals surface area contributed by atoms with E-state index in [4.69, 9.17) is 4.74 Å². The van der Waals surface area contributed by atoms with Crippen molar-refractivity contribution in [2.24, 2.45) is 0 Å². The molecule has 2 N–H and O–H groups in total. The zero-order chi connectivity index (χ0) is 33.8. The number of carbonyl (C=O) groups is 2. The Kier molecular flexibility index (Phi) is 11.6. The summed E-state index contributed by atoms with van der Waals surface area (Å²) in [6.45, 7) is 2.82. The SMILES string of the molecule is COc1ccc(CCN2CCC[C@@H]2CN(C(=O)Nc2ccccc2)[C@H](CNC(=O)Cc2ccccc2)Cc2ccc3ccccc3c2)cc1. The highest BCUT2D eigenvalue weighted by Crippen LogP contribution is 2.24. The summed E-state index contributed by atoms with van der Waals surface area (Å²) in [6.07, 6.45) is 3.93. The number of hydrogen-bond donors (Lipinski definition) is 2. The maximum absolute atomic E-state index is 14.3. The van der Waals surface area contributed by atoms with Crippen LogP contribution in [0.4, 0.5) is 10.5 Å². The van der Waals surface area contributed by atoms with Gasteiger partial charge in [0.25, 0.3) is 0 Å². The smallest absolute Gasteiger partial charge is 0.322 e. The Bertz CT molecular complexity index is 1800. The molecule has 7 heteroatoms. The maximum atomic E-state index is 14.3. The van der Waals surface area contributed by atoms with E-state index in [1.54, 1.807) is 7.11 Å². The van der Waals surface area contributed by atoms with Crippen molar-refractivity contribution in [2.45, 2.75) is 44.2 Å². The maximum Gasteiger partial charge on any atom is 0.322 e. The quantitative estimate of drug-likeness (QED) is 0.131. The largest absolute Gasteiger partial charge is 0.497 e. The summed E-state index contributed by atoms with van der Waals surface area (Å²) < 4.78 is 5.34. The molecule has 252 valence electrons. The van der Waals surface area contributed by atoms with Crippen LogP contribution in [0, 0.1) is 0 Å². The second-order valence-electron chi connectivity index (χ2n) is 12.9. The predicted octanol–water partition coefficient (Wildman–Crippen LogP) is 7.36. The van der Waals surface area contributed by atoms with E-state index in [9.17, 15) is 9.59 Å². The highest BCUT2D eigenvalue weighted by atomic mass is 16.5. The van der Waals surface area contributed by atoms with Crippen LogP contribution in [0.25, 0.3) is 10.8 Å². The molecular formula is C42H46N4O3. The number of fused-ring (bicyclic) bond motifs is 1. The van der Waals surface area contributed by atoms with E-state index in [-0.39, 0.29) is 24.0 Å². The van der Waals surface area contributed by atoms with Crippen LogP contribution in [-0.2, 0) is 24.1 Å². The number of ether oxygens (including phenoxy) is 1. The van der Waals surface area contributed by atoms with E-state index in [0.29, 0.717) is 25.9 Å². The minimum Gasteiger partial charge on any atom is -0.497 e. The Labute approximate surface area is 289 Å². The number of likely N-dealkylation sites (tertiary alicyclic amines) is 1. The summed E-state index contributed by atoms with van der Waals surface area (Å²) in [4.78, 5) is 32.0. The monoisotopic (exact) mass is 654 g/mol. The van der Waals surface area contributed by atoms with Crippen LogP contribution in [0.3, 0.4) is 0 Å². The highest BCUT2D eigenvalue weighted by molar-refractivity contribution is 5.90. The second-order valence-corrected chi connectivity index (χ2v) is 12.9. The van der Waals surface area contributed by atoms with Crippen molar-refractivity contribution in [3.8, 4) is 5.75 Å². The Morgan fingerprint density at radius 1 is 0.816 bits per heavy atom. The first-order chi connectivity index (χ1) is 24.0. The van der Waals surface area contributed by atoms with Crippen LogP contribution < -0.4 is 15.4 Å². The van der Waals surface area contributed by atoms with E-state index in [1.807, 2.05) is 89.8 Å². The zero-order valence-electron chi connectivity index (χ0n) is 28.3. The number of nitrogens with one attached hydrogen (secondary N) is 2. The van der Waals surface area contributed by atoms with Gasteiger partial charge < -0.3 is 20.3 Å². The van der Waals surface area contributed by atoms with Crippen LogP contribution >= 0.6 is 0 Å². The molecule has 6 rings (SSSR count). The molecule has 2 atom stereocenters. The van der Waals surface area contributed by atoms with Gasteiger partial charge in [0, 0.05) is 31.4 Å². The number of urea groups is 1. The molecule has 1 heterocycles. The lowest BCUT2D eigenvalue weighted by atomic mass is 10.00. The van der Waals surface area contributed by atoms with Crippen LogP contribution in [-0.4, -0.2) is 67.1 Å². The number of hydrogen-bond acceptors (Lipinski definition) is 4. The minimum absolute atomic E-state index is 0.0555. The van der Waals surface area contributed by atoms with Crippen molar-refractivity contribution in [1.29, 1.82) is 0 Å². The fourth-order valence-electron chi connectivity index (χ4n) is 6.81. The molecule has 1 aliphatic heterocycles. The van der Waals surface area contributed by atoms with Crippen LogP contribution in [0.2, 0.25) is 0 Å². The van der Waals surface area contributed by atoms with Crippen molar-refractivity contribution in [1.82, 2.24) is 15.1 Å². The third-order valence-electron chi connectivity index (χ3n) is 9.51. The molecule has 5 aromatic carbocycles. The van der Waals surface area contributed by atoms with E-state index < -0.39 is 0 Å². The number of carbonyl (C=O) groups excluding carboxylic acids is 2. The van der Waals surface area contributed by atoms with Gasteiger partial charge in [-0.05, 0) is 84.0 Å². The highest BCUT2D eigenvalue weighted by Gasteiger charge is 2.32. The Morgan fingerprint density at radius 2 is 1.51 bits per heavy atom. The molecule has 0 aliphatic carbocycles. The van der Waals surface area contributed by atoms with Gasteiger partial charge in [-0.15, -0.1) is 0 Å². The summed E-state index contributed by atoms with van der Waals surface area (Å²) in [6, 6.07) is 42.3. The zero-order valence-corrected chi connectivity index (χ0v) is 28.3. The molecule has 0 bridgehead atoms. The lowest BCUT2D eigenvalue weighted by Gasteiger charge is -2.36. The fraction of sp³-hybridized carbons (Fsp3) is 0.286. The number of amides is 3. The van der Waals surface area contributed by atoms with Gasteiger partial charge in [-0.1, -0.05) is 103 Å². The van der Waals surface area contributed by atoms with E-state index in [2.05, 4.69) is 58.0 Å². The van der Waals surface area contributed by atoms with Crippen molar-refractivity contribution < 1.29 is 14.3 Å². The molecule has 0 spiro atoms. The average molecular weight is 655 g/mol. The number of nitrogens with zero attached hydrogens (tertiary/aromatic N) is 2. The number of anilines is 1. The molecular weight excluding hydrogens is 608 g/mol. The van der Waals surface area contributed by atoms with Gasteiger partial charge in [-0.2, -0.15) is 0 Å². The first kappa shape index (κ1) is 33.7. The molecule has 49 heavy (non-hydrogen) atoms. The normalized spacial score (nSPS) is 15.1. The second kappa shape index (κ2) is 16.8. The Hall–Kier alpha value is -5.14. The van der Waals surface area contributed by atoms with Crippen molar-refractivity contribution in [3.63, 3.8) is 0 Å². The summed E-state index contributed by atoms with van der Waals surface area (Å²) in [7, 11) is 1.69. The summed E-state index contributed by atoms with van der Waals surface area (Å²) >= 11 is 0. The molecule has 3 amide bonds. The van der Waals surface area contributed by atoms with Gasteiger partial charge in [-0.25, -0.2) is 4.79 Å². The number of rotatable bonds is 14. The molecule has 0 radical (unpaired) electrons. The van der Waals surface area contributed by atoms with E-state index in [0.717, 1.165) is 60.3 Å². The molecule has 1 fully saturated rings. The summed E-state index contributed by atoms with van der Waals surface area (Å²) in [5.41, 5.74) is 4.10. The molecule has 1 aliphatic rings. The summed E-state index contributed by atoms with van der Waals surface area (Å²) in [5.74, 6) is 0.802. The number of para-hydroxylation sites is 1. The topological polar surface area (TPSA) is 73.9 Å². The van der Waals surface area contributed by atoms with Gasteiger partial charge in [0.1, 0.15) is 5.75 Å². The minimum atomic E-state index is -0.270. The van der Waals surface area contributed by atoms with Crippen molar-refractivity contribution in [3.05, 3.63) is 144 Å². The van der Waals surface area contributed by atoms with Crippen molar-refractivity contribution >= 4 is 28.4 Å². The Morgan fingerprint density at radius 3 is 2.27 bits per heavy atom. The molecule has 0 unspecified atom stereocenters. The number of methoxy groups -OCH3 is 1. The molecule has 1 saturated heterocycles. The van der Waals surface area contributed by atoms with Gasteiger partial charge in [0.2, 0.25) is 5.91 Å². The summed E-state index contributed by atoms with van der Waals surface area (Å²) in [5, 5.41) is 8.70. The van der Waals surface area contributed by atoms with Crippen molar-refractivity contribution in [2.75, 3.05) is 38.6 Å². The number of benzene rings is 5. The van der Waals surface area contributed by atoms with Crippen LogP contribution in [0.5, 0.6) is 5.75 Å². The molecule has 0 saturated carbocycles. The first-order valence-corrected chi connectivity index (χ1v) is 17.3.